The van der Waals surface area contributed by atoms with E-state index < -0.39 is 6.23 Å². The average Bonchev–Trinajstić information content (AvgIpc) is 2.65. The molecule has 0 radical (unpaired) electrons. The van der Waals surface area contributed by atoms with Crippen molar-refractivity contribution in [2.75, 3.05) is 39.9 Å². The lowest BCUT2D eigenvalue weighted by Crippen LogP contribution is -2.37. The van der Waals surface area contributed by atoms with Crippen molar-refractivity contribution in [3.63, 3.8) is 0 Å². The van der Waals surface area contributed by atoms with Gasteiger partial charge in [-0.25, -0.2) is 0 Å². The second kappa shape index (κ2) is 8.89. The third-order valence-corrected chi connectivity index (χ3v) is 3.27. The van der Waals surface area contributed by atoms with Crippen LogP contribution in [0.25, 0.3) is 0 Å². The standard InChI is InChI=1S/C13H25N3O4/c1-10-9-12(18)16(13(10)19)6-3-11(17)15-5-8-20-7-4-14-2/h10,12,14,18H,3-9H2,1-2H3,(H,15,17). The van der Waals surface area contributed by atoms with Gasteiger partial charge < -0.3 is 25.4 Å². The van der Waals surface area contributed by atoms with Gasteiger partial charge in [0.2, 0.25) is 11.8 Å². The number of hydrogen-bond donors (Lipinski definition) is 3. The summed E-state index contributed by atoms with van der Waals surface area (Å²) in [6.45, 7) is 4.36. The van der Waals surface area contributed by atoms with E-state index >= 15 is 0 Å². The zero-order chi connectivity index (χ0) is 15.0. The molecule has 0 aliphatic carbocycles. The van der Waals surface area contributed by atoms with Gasteiger partial charge in [0.15, 0.2) is 0 Å². The first kappa shape index (κ1) is 16.9. The Labute approximate surface area is 119 Å². The highest BCUT2D eigenvalue weighted by Gasteiger charge is 2.35. The Morgan fingerprint density at radius 3 is 2.75 bits per heavy atom. The summed E-state index contributed by atoms with van der Waals surface area (Å²) in [7, 11) is 1.85. The van der Waals surface area contributed by atoms with Crippen molar-refractivity contribution in [3.8, 4) is 0 Å². The fourth-order valence-electron chi connectivity index (χ4n) is 2.08. The minimum absolute atomic E-state index is 0.0827. The molecule has 1 fully saturated rings. The third kappa shape index (κ3) is 5.44. The van der Waals surface area contributed by atoms with E-state index in [1.165, 1.54) is 4.90 Å². The van der Waals surface area contributed by atoms with Gasteiger partial charge in [0.1, 0.15) is 6.23 Å². The van der Waals surface area contributed by atoms with Crippen molar-refractivity contribution in [2.24, 2.45) is 5.92 Å². The molecule has 0 aromatic heterocycles. The lowest BCUT2D eigenvalue weighted by atomic mass is 10.1. The molecule has 0 aromatic rings. The number of nitrogens with zero attached hydrogens (tertiary/aromatic N) is 1. The number of likely N-dealkylation sites (N-methyl/N-ethyl adjacent to an activating group) is 1. The molecular formula is C13H25N3O4. The normalized spacial score (nSPS) is 22.4. The van der Waals surface area contributed by atoms with E-state index in [1.807, 2.05) is 7.05 Å². The molecular weight excluding hydrogens is 262 g/mol. The number of likely N-dealkylation sites (tertiary alicyclic amines) is 1. The lowest BCUT2D eigenvalue weighted by molar-refractivity contribution is -0.136. The van der Waals surface area contributed by atoms with E-state index in [0.717, 1.165) is 6.54 Å². The van der Waals surface area contributed by atoms with Crippen LogP contribution in [0.15, 0.2) is 0 Å². The highest BCUT2D eigenvalue weighted by molar-refractivity contribution is 5.82. The van der Waals surface area contributed by atoms with Gasteiger partial charge in [0, 0.05) is 38.4 Å². The van der Waals surface area contributed by atoms with E-state index in [9.17, 15) is 14.7 Å². The van der Waals surface area contributed by atoms with Gasteiger partial charge in [-0.05, 0) is 7.05 Å². The summed E-state index contributed by atoms with van der Waals surface area (Å²) in [5, 5.41) is 15.4. The number of amides is 2. The first-order valence-electron chi connectivity index (χ1n) is 7.04. The molecule has 2 amide bonds. The van der Waals surface area contributed by atoms with Gasteiger partial charge in [-0.1, -0.05) is 6.92 Å². The lowest BCUT2D eigenvalue weighted by Gasteiger charge is -2.20. The fraction of sp³-hybridized carbons (Fsp3) is 0.846. The van der Waals surface area contributed by atoms with E-state index in [2.05, 4.69) is 10.6 Å². The number of hydrogen-bond acceptors (Lipinski definition) is 5. The summed E-state index contributed by atoms with van der Waals surface area (Å²) in [6, 6.07) is 0. The fourth-order valence-corrected chi connectivity index (χ4v) is 2.08. The largest absolute Gasteiger partial charge is 0.378 e. The topological polar surface area (TPSA) is 90.9 Å². The molecule has 0 bridgehead atoms. The van der Waals surface area contributed by atoms with Gasteiger partial charge >= 0.3 is 0 Å². The van der Waals surface area contributed by atoms with Crippen LogP contribution < -0.4 is 10.6 Å². The maximum Gasteiger partial charge on any atom is 0.227 e. The van der Waals surface area contributed by atoms with Gasteiger partial charge in [-0.3, -0.25) is 9.59 Å². The summed E-state index contributed by atoms with van der Waals surface area (Å²) in [5.41, 5.74) is 0. The molecule has 3 N–H and O–H groups in total. The molecule has 0 aromatic carbocycles. The summed E-state index contributed by atoms with van der Waals surface area (Å²) in [5.74, 6) is -0.379. The van der Waals surface area contributed by atoms with E-state index in [0.29, 0.717) is 26.2 Å². The highest BCUT2D eigenvalue weighted by atomic mass is 16.5. The van der Waals surface area contributed by atoms with Crippen molar-refractivity contribution in [1.29, 1.82) is 0 Å². The number of aliphatic hydroxyl groups is 1. The predicted octanol–water partition coefficient (Wildman–Crippen LogP) is -1.08. The van der Waals surface area contributed by atoms with Crippen LogP contribution in [0.4, 0.5) is 0 Å². The van der Waals surface area contributed by atoms with Crippen molar-refractivity contribution >= 4 is 11.8 Å². The molecule has 2 unspecified atom stereocenters. The van der Waals surface area contributed by atoms with Crippen LogP contribution >= 0.6 is 0 Å². The van der Waals surface area contributed by atoms with Crippen LogP contribution in [0.1, 0.15) is 19.8 Å². The monoisotopic (exact) mass is 287 g/mol. The van der Waals surface area contributed by atoms with Crippen molar-refractivity contribution in [1.82, 2.24) is 15.5 Å². The maximum atomic E-state index is 11.7. The molecule has 7 nitrogen and oxygen atoms in total. The van der Waals surface area contributed by atoms with E-state index in [4.69, 9.17) is 4.74 Å². The summed E-state index contributed by atoms with van der Waals surface area (Å²) >= 11 is 0. The third-order valence-electron chi connectivity index (χ3n) is 3.27. The second-order valence-corrected chi connectivity index (χ2v) is 4.96. The first-order valence-corrected chi connectivity index (χ1v) is 7.04. The van der Waals surface area contributed by atoms with Crippen LogP contribution in [0.2, 0.25) is 0 Å². The minimum atomic E-state index is -0.754. The Kier molecular flexibility index (Phi) is 7.50. The van der Waals surface area contributed by atoms with Crippen LogP contribution in [0.3, 0.4) is 0 Å². The van der Waals surface area contributed by atoms with Gasteiger partial charge in [0.25, 0.3) is 0 Å². The number of nitrogens with one attached hydrogen (secondary N) is 2. The van der Waals surface area contributed by atoms with Crippen molar-refractivity contribution in [2.45, 2.75) is 26.0 Å². The quantitative estimate of drug-likeness (QED) is 0.469. The minimum Gasteiger partial charge on any atom is -0.378 e. The van der Waals surface area contributed by atoms with Crippen LogP contribution in [-0.2, 0) is 14.3 Å². The van der Waals surface area contributed by atoms with E-state index in [1.54, 1.807) is 6.92 Å². The van der Waals surface area contributed by atoms with Gasteiger partial charge in [-0.15, -0.1) is 0 Å². The van der Waals surface area contributed by atoms with E-state index in [-0.39, 0.29) is 30.7 Å². The molecule has 2 atom stereocenters. The number of rotatable bonds is 9. The Hall–Kier alpha value is -1.18. The number of aliphatic hydroxyl groups excluding tert-OH is 1. The zero-order valence-corrected chi connectivity index (χ0v) is 12.2. The van der Waals surface area contributed by atoms with Crippen molar-refractivity contribution < 1.29 is 19.4 Å². The first-order chi connectivity index (χ1) is 9.56. The molecule has 1 aliphatic rings. The summed E-state index contributed by atoms with van der Waals surface area (Å²) in [6.07, 6.45) is -0.110. The zero-order valence-electron chi connectivity index (χ0n) is 12.2. The van der Waals surface area contributed by atoms with Gasteiger partial charge in [-0.2, -0.15) is 0 Å². The molecule has 1 rings (SSSR count). The molecule has 7 heteroatoms. The Bertz CT molecular complexity index is 325. The van der Waals surface area contributed by atoms with Gasteiger partial charge in [0.05, 0.1) is 13.2 Å². The number of carbonyl (C=O) groups is 2. The second-order valence-electron chi connectivity index (χ2n) is 4.96. The predicted molar refractivity (Wildman–Crippen MR) is 73.9 cm³/mol. The molecule has 1 aliphatic heterocycles. The van der Waals surface area contributed by atoms with Crippen LogP contribution in [-0.4, -0.2) is 67.9 Å². The molecule has 1 saturated heterocycles. The number of carbonyl (C=O) groups excluding carboxylic acids is 2. The summed E-state index contributed by atoms with van der Waals surface area (Å²) < 4.78 is 5.27. The molecule has 0 spiro atoms. The SMILES string of the molecule is CNCCOCCNC(=O)CCN1C(=O)C(C)CC1O. The molecule has 116 valence electrons. The molecule has 1 heterocycles. The maximum absolute atomic E-state index is 11.7. The summed E-state index contributed by atoms with van der Waals surface area (Å²) in [4.78, 5) is 24.7. The Morgan fingerprint density at radius 2 is 2.15 bits per heavy atom. The highest BCUT2D eigenvalue weighted by Crippen LogP contribution is 2.22. The molecule has 20 heavy (non-hydrogen) atoms. The Balaban J connectivity index is 2.09. The average molecular weight is 287 g/mol. The van der Waals surface area contributed by atoms with Crippen molar-refractivity contribution in [3.05, 3.63) is 0 Å². The Morgan fingerprint density at radius 1 is 1.45 bits per heavy atom. The number of ether oxygens (including phenoxy) is 1. The smallest absolute Gasteiger partial charge is 0.227 e. The van der Waals surface area contributed by atoms with Crippen LogP contribution in [0.5, 0.6) is 0 Å². The molecule has 0 saturated carbocycles. The van der Waals surface area contributed by atoms with Crippen LogP contribution in [0, 0.1) is 5.92 Å².